The van der Waals surface area contributed by atoms with E-state index in [-0.39, 0.29) is 13.0 Å². The van der Waals surface area contributed by atoms with Crippen molar-refractivity contribution in [1.82, 2.24) is 14.5 Å². The molecule has 2 bridgehead atoms. The maximum absolute atomic E-state index is 11.6. The van der Waals surface area contributed by atoms with Crippen molar-refractivity contribution in [2.75, 3.05) is 5.75 Å². The fourth-order valence-corrected chi connectivity index (χ4v) is 2.54. The first-order chi connectivity index (χ1) is 7.25. The number of pyridine rings is 1. The molecule has 1 unspecified atom stereocenters. The highest BCUT2D eigenvalue weighted by Gasteiger charge is 2.21. The van der Waals surface area contributed by atoms with E-state index in [1.165, 1.54) is 6.07 Å². The van der Waals surface area contributed by atoms with E-state index in [4.69, 9.17) is 0 Å². The first kappa shape index (κ1) is 11.1. The Hall–Kier alpha value is -1.40. The van der Waals surface area contributed by atoms with Crippen LogP contribution in [0.2, 0.25) is 0 Å². The fraction of sp³-hybridized carbons (Fsp3) is 0.300. The molecule has 16 heavy (non-hydrogen) atoms. The average molecular weight is 237 g/mol. The van der Waals surface area contributed by atoms with Gasteiger partial charge in [-0.1, -0.05) is 7.43 Å². The Morgan fingerprint density at radius 1 is 1.44 bits per heavy atom. The van der Waals surface area contributed by atoms with Crippen molar-refractivity contribution in [3.63, 3.8) is 0 Å². The maximum atomic E-state index is 11.6. The summed E-state index contributed by atoms with van der Waals surface area (Å²) in [5.41, 5.74) is 0.476. The number of hydrogen-bond donors (Lipinski definition) is 0. The van der Waals surface area contributed by atoms with Gasteiger partial charge in [-0.2, -0.15) is 9.97 Å². The molecule has 1 atom stereocenters. The van der Waals surface area contributed by atoms with Crippen LogP contribution in [0.3, 0.4) is 0 Å². The molecule has 0 amide bonds. The van der Waals surface area contributed by atoms with Crippen LogP contribution in [0, 0.1) is 0 Å². The number of fused-ring (bicyclic) bond motifs is 1. The summed E-state index contributed by atoms with van der Waals surface area (Å²) in [6.45, 7) is 0.435. The normalized spacial score (nSPS) is 18.2. The van der Waals surface area contributed by atoms with E-state index in [0.717, 1.165) is 5.39 Å². The molecule has 0 aromatic carbocycles. The highest BCUT2D eigenvalue weighted by Crippen LogP contribution is 2.15. The van der Waals surface area contributed by atoms with Gasteiger partial charge < -0.3 is 4.55 Å². The molecular formula is C10H11N3O2S. The van der Waals surface area contributed by atoms with E-state index >= 15 is 0 Å². The lowest BCUT2D eigenvalue weighted by Gasteiger charge is -2.03. The highest BCUT2D eigenvalue weighted by molar-refractivity contribution is 7.91. The minimum atomic E-state index is -1.19. The fourth-order valence-electron chi connectivity index (χ4n) is 1.65. The molecule has 1 aliphatic heterocycles. The summed E-state index contributed by atoms with van der Waals surface area (Å²) in [6.07, 6.45) is 1.61. The Bertz CT molecular complexity index is 596. The van der Waals surface area contributed by atoms with E-state index in [2.05, 4.69) is 9.97 Å². The zero-order chi connectivity index (χ0) is 10.4. The van der Waals surface area contributed by atoms with Crippen molar-refractivity contribution in [2.24, 2.45) is 0 Å². The molecular weight excluding hydrogens is 226 g/mol. The van der Waals surface area contributed by atoms with Gasteiger partial charge >= 0.3 is 5.16 Å². The second kappa shape index (κ2) is 3.88. The first-order valence-electron chi connectivity index (χ1n) is 4.51. The molecule has 84 valence electrons. The molecule has 0 saturated carbocycles. The lowest BCUT2D eigenvalue weighted by atomic mass is 10.3. The maximum Gasteiger partial charge on any atom is 0.344 e. The van der Waals surface area contributed by atoms with Gasteiger partial charge in [0, 0.05) is 28.8 Å². The predicted molar refractivity (Wildman–Crippen MR) is 61.8 cm³/mol. The second-order valence-corrected chi connectivity index (χ2v) is 4.77. The number of rotatable bonds is 0. The van der Waals surface area contributed by atoms with Crippen LogP contribution in [-0.2, 0) is 17.7 Å². The van der Waals surface area contributed by atoms with Gasteiger partial charge in [0.15, 0.2) is 5.65 Å². The Labute approximate surface area is 95.3 Å². The van der Waals surface area contributed by atoms with Crippen LogP contribution in [0.15, 0.2) is 28.3 Å². The lowest BCUT2D eigenvalue weighted by molar-refractivity contribution is 0.584. The van der Waals surface area contributed by atoms with Gasteiger partial charge in [-0.25, -0.2) is 0 Å². The Morgan fingerprint density at radius 3 is 3.06 bits per heavy atom. The predicted octanol–water partition coefficient (Wildman–Crippen LogP) is 0.549. The summed E-state index contributed by atoms with van der Waals surface area (Å²) in [7, 11) is 0. The van der Waals surface area contributed by atoms with Crippen molar-refractivity contribution in [3.05, 3.63) is 28.7 Å². The van der Waals surface area contributed by atoms with E-state index in [1.807, 2.05) is 0 Å². The zero-order valence-electron chi connectivity index (χ0n) is 7.71. The van der Waals surface area contributed by atoms with Crippen LogP contribution in [0.5, 0.6) is 0 Å². The quantitative estimate of drug-likeness (QED) is 0.495. The van der Waals surface area contributed by atoms with Gasteiger partial charge in [0.05, 0.1) is 6.54 Å². The summed E-state index contributed by atoms with van der Waals surface area (Å²) in [4.78, 5) is 19.7. The monoisotopic (exact) mass is 237 g/mol. The van der Waals surface area contributed by atoms with Crippen molar-refractivity contribution in [2.45, 2.75) is 19.1 Å². The van der Waals surface area contributed by atoms with E-state index in [1.54, 1.807) is 16.8 Å². The van der Waals surface area contributed by atoms with Gasteiger partial charge in [0.25, 0.3) is 5.56 Å². The van der Waals surface area contributed by atoms with Crippen LogP contribution < -0.4 is 5.56 Å². The van der Waals surface area contributed by atoms with E-state index in [9.17, 15) is 9.35 Å². The third kappa shape index (κ3) is 1.50. The van der Waals surface area contributed by atoms with Gasteiger partial charge in [0.1, 0.15) is 5.75 Å². The Balaban J connectivity index is 0.000000963. The molecule has 0 fully saturated rings. The van der Waals surface area contributed by atoms with Crippen molar-refractivity contribution in [1.29, 1.82) is 0 Å². The Kier molecular flexibility index (Phi) is 2.69. The molecule has 2 aromatic heterocycles. The average Bonchev–Trinajstić information content (AvgIpc) is 2.39. The molecule has 5 nitrogen and oxygen atoms in total. The summed E-state index contributed by atoms with van der Waals surface area (Å²) in [5, 5.41) is 1.12. The summed E-state index contributed by atoms with van der Waals surface area (Å²) < 4.78 is 13.2. The van der Waals surface area contributed by atoms with E-state index < -0.39 is 11.2 Å². The molecule has 0 spiro atoms. The third-order valence-corrected chi connectivity index (χ3v) is 3.56. The Morgan fingerprint density at radius 2 is 2.25 bits per heavy atom. The van der Waals surface area contributed by atoms with Crippen LogP contribution in [0.1, 0.15) is 7.43 Å². The summed E-state index contributed by atoms with van der Waals surface area (Å²) in [5.74, 6) is 0.395. The number of nitrogens with zero attached hydrogens (tertiary/aromatic N) is 3. The molecule has 6 heteroatoms. The molecule has 0 aliphatic carbocycles. The van der Waals surface area contributed by atoms with Crippen LogP contribution in [0.25, 0.3) is 11.0 Å². The van der Waals surface area contributed by atoms with Gasteiger partial charge in [-0.05, 0) is 6.07 Å². The topological polar surface area (TPSA) is 70.8 Å². The molecule has 2 aromatic rings. The third-order valence-electron chi connectivity index (χ3n) is 2.40. The minimum absolute atomic E-state index is 0. The van der Waals surface area contributed by atoms with Crippen molar-refractivity contribution >= 4 is 22.2 Å². The van der Waals surface area contributed by atoms with Crippen molar-refractivity contribution < 1.29 is 4.55 Å². The van der Waals surface area contributed by atoms with Crippen LogP contribution in [0.4, 0.5) is 0 Å². The highest BCUT2D eigenvalue weighted by atomic mass is 32.2. The summed E-state index contributed by atoms with van der Waals surface area (Å²) >= 11 is -1.19. The number of hydrogen-bond acceptors (Lipinski definition) is 4. The number of aromatic nitrogens is 3. The smallest absolute Gasteiger partial charge is 0.344 e. The molecule has 0 saturated heterocycles. The molecule has 0 N–H and O–H groups in total. The molecule has 3 rings (SSSR count). The molecule has 3 heterocycles. The standard InChI is InChI=1S/C9H7N3O2S.CH4/c13-7-2-1-6-5-10-9-11-8(6)12(7)3-4-15(9)14;/h1-2,5H,3-4H2;1H4. The molecule has 0 radical (unpaired) electrons. The zero-order valence-corrected chi connectivity index (χ0v) is 8.53. The SMILES string of the molecule is C.O=c1ccc2cnc3nc2n1CC[S+]3[O-]. The second-order valence-electron chi connectivity index (χ2n) is 3.30. The van der Waals surface area contributed by atoms with Gasteiger partial charge in [-0.15, -0.1) is 0 Å². The minimum Gasteiger partial charge on any atom is -0.609 e. The largest absolute Gasteiger partial charge is 0.609 e. The summed E-state index contributed by atoms with van der Waals surface area (Å²) in [6, 6.07) is 3.17. The van der Waals surface area contributed by atoms with Crippen LogP contribution >= 0.6 is 0 Å². The van der Waals surface area contributed by atoms with E-state index in [0.29, 0.717) is 23.1 Å². The van der Waals surface area contributed by atoms with Crippen molar-refractivity contribution in [3.8, 4) is 0 Å². The lowest BCUT2D eigenvalue weighted by Crippen LogP contribution is -2.21. The van der Waals surface area contributed by atoms with Gasteiger partial charge in [-0.3, -0.25) is 9.36 Å². The van der Waals surface area contributed by atoms with Crippen LogP contribution in [-0.4, -0.2) is 24.8 Å². The molecule has 1 aliphatic rings. The first-order valence-corrected chi connectivity index (χ1v) is 5.82. The van der Waals surface area contributed by atoms with Gasteiger partial charge in [0.2, 0.25) is 0 Å². The number of aryl methyl sites for hydroxylation is 1.